The predicted molar refractivity (Wildman–Crippen MR) is 113 cm³/mol. The Morgan fingerprint density at radius 2 is 1.38 bits per heavy atom. The van der Waals surface area contributed by atoms with Crippen LogP contribution < -0.4 is 0 Å². The van der Waals surface area contributed by atoms with Gasteiger partial charge in [0.05, 0.1) is 0 Å². The maximum absolute atomic E-state index is 2.40. The molecule has 4 aromatic carbocycles. The van der Waals surface area contributed by atoms with Crippen molar-refractivity contribution in [2.24, 2.45) is 0 Å². The van der Waals surface area contributed by atoms with Gasteiger partial charge in [0, 0.05) is 28.4 Å². The summed E-state index contributed by atoms with van der Waals surface area (Å²) in [7, 11) is 0. The van der Waals surface area contributed by atoms with Gasteiger partial charge >= 0.3 is 0 Å². The number of benzene rings is 4. The predicted octanol–water partition coefficient (Wildman–Crippen LogP) is 6.94. The van der Waals surface area contributed by atoms with E-state index in [1.807, 2.05) is 0 Å². The van der Waals surface area contributed by atoms with E-state index in [2.05, 4.69) is 97.3 Å². The first-order valence-corrected chi connectivity index (χ1v) is 9.26. The molecule has 1 nitrogen and oxygen atoms in total. The van der Waals surface area contributed by atoms with Gasteiger partial charge in [-0.25, -0.2) is 0 Å². The lowest BCUT2D eigenvalue weighted by molar-refractivity contribution is 0.827. The minimum Gasteiger partial charge on any atom is -0.341 e. The van der Waals surface area contributed by atoms with Crippen molar-refractivity contribution in [2.75, 3.05) is 0 Å². The summed E-state index contributed by atoms with van der Waals surface area (Å²) in [5, 5.41) is 5.27. The van der Waals surface area contributed by atoms with E-state index in [4.69, 9.17) is 0 Å². The number of nitrogens with zero attached hydrogens (tertiary/aromatic N) is 1. The Morgan fingerprint density at radius 1 is 0.654 bits per heavy atom. The standard InChI is InChI=1S/C25H21N/c1-3-26-24-7-5-4-6-22(24)23-16-20(12-13-25(23)26)19-11-10-18-9-8-17(2)14-21(18)15-19/h4-16H,3H2,1-2H3. The van der Waals surface area contributed by atoms with Crippen molar-refractivity contribution in [3.05, 3.63) is 84.4 Å². The van der Waals surface area contributed by atoms with Gasteiger partial charge in [-0.1, -0.05) is 60.2 Å². The molecule has 0 spiro atoms. The molecular formula is C25H21N. The minimum absolute atomic E-state index is 0.985. The van der Waals surface area contributed by atoms with E-state index in [-0.39, 0.29) is 0 Å². The fraction of sp³-hybridized carbons (Fsp3) is 0.120. The SMILES string of the molecule is CCn1c2ccccc2c2cc(-c3ccc4ccc(C)cc4c3)ccc21. The topological polar surface area (TPSA) is 4.93 Å². The Kier molecular flexibility index (Phi) is 3.36. The molecule has 0 aliphatic carbocycles. The van der Waals surface area contributed by atoms with Crippen LogP contribution in [0.5, 0.6) is 0 Å². The number of hydrogen-bond acceptors (Lipinski definition) is 0. The third-order valence-corrected chi connectivity index (χ3v) is 5.42. The highest BCUT2D eigenvalue weighted by atomic mass is 15.0. The smallest absolute Gasteiger partial charge is 0.0491 e. The molecule has 5 aromatic rings. The molecule has 0 atom stereocenters. The summed E-state index contributed by atoms with van der Waals surface area (Å²) in [5.74, 6) is 0. The molecule has 0 N–H and O–H groups in total. The molecule has 0 radical (unpaired) electrons. The molecule has 5 rings (SSSR count). The first-order chi connectivity index (χ1) is 12.7. The number of aryl methyl sites for hydroxylation is 2. The molecule has 1 heterocycles. The van der Waals surface area contributed by atoms with Gasteiger partial charge in [0.2, 0.25) is 0 Å². The summed E-state index contributed by atoms with van der Waals surface area (Å²) in [4.78, 5) is 0. The van der Waals surface area contributed by atoms with Crippen LogP contribution in [0.3, 0.4) is 0 Å². The van der Waals surface area contributed by atoms with Crippen LogP contribution in [0.1, 0.15) is 12.5 Å². The summed E-state index contributed by atoms with van der Waals surface area (Å²) in [6.07, 6.45) is 0. The van der Waals surface area contributed by atoms with Crippen LogP contribution in [-0.4, -0.2) is 4.57 Å². The van der Waals surface area contributed by atoms with Gasteiger partial charge in [0.25, 0.3) is 0 Å². The van der Waals surface area contributed by atoms with Crippen molar-refractivity contribution in [2.45, 2.75) is 20.4 Å². The molecule has 0 fully saturated rings. The van der Waals surface area contributed by atoms with E-state index in [1.165, 1.54) is 49.3 Å². The molecule has 26 heavy (non-hydrogen) atoms. The van der Waals surface area contributed by atoms with Crippen molar-refractivity contribution >= 4 is 32.6 Å². The van der Waals surface area contributed by atoms with Gasteiger partial charge < -0.3 is 4.57 Å². The molecule has 1 heteroatoms. The highest BCUT2D eigenvalue weighted by Gasteiger charge is 2.10. The van der Waals surface area contributed by atoms with E-state index in [9.17, 15) is 0 Å². The highest BCUT2D eigenvalue weighted by Crippen LogP contribution is 2.33. The number of hydrogen-bond donors (Lipinski definition) is 0. The number of fused-ring (bicyclic) bond motifs is 4. The highest BCUT2D eigenvalue weighted by molar-refractivity contribution is 6.09. The van der Waals surface area contributed by atoms with Gasteiger partial charge in [0.1, 0.15) is 0 Å². The molecule has 0 aliphatic rings. The fourth-order valence-electron chi connectivity index (χ4n) is 4.12. The summed E-state index contributed by atoms with van der Waals surface area (Å²) in [5.41, 5.74) is 6.49. The first kappa shape index (κ1) is 15.2. The van der Waals surface area contributed by atoms with Crippen LogP contribution in [-0.2, 0) is 6.54 Å². The monoisotopic (exact) mass is 335 g/mol. The molecule has 0 unspecified atom stereocenters. The Bertz CT molecular complexity index is 1270. The lowest BCUT2D eigenvalue weighted by Gasteiger charge is -2.07. The zero-order valence-corrected chi connectivity index (χ0v) is 15.2. The molecule has 126 valence electrons. The average molecular weight is 335 g/mol. The second kappa shape index (κ2) is 5.74. The van der Waals surface area contributed by atoms with E-state index in [0.717, 1.165) is 6.54 Å². The van der Waals surface area contributed by atoms with Crippen LogP contribution in [0.4, 0.5) is 0 Å². The molecule has 0 bridgehead atoms. The Balaban J connectivity index is 1.76. The van der Waals surface area contributed by atoms with Crippen molar-refractivity contribution in [3.8, 4) is 11.1 Å². The molecular weight excluding hydrogens is 314 g/mol. The summed E-state index contributed by atoms with van der Waals surface area (Å²) in [6, 6.07) is 29.0. The number of aromatic nitrogens is 1. The summed E-state index contributed by atoms with van der Waals surface area (Å²) >= 11 is 0. The summed E-state index contributed by atoms with van der Waals surface area (Å²) in [6.45, 7) is 5.35. The van der Waals surface area contributed by atoms with Gasteiger partial charge in [-0.05, 0) is 60.0 Å². The largest absolute Gasteiger partial charge is 0.341 e. The maximum atomic E-state index is 2.40. The van der Waals surface area contributed by atoms with Crippen LogP contribution in [0.2, 0.25) is 0 Å². The van der Waals surface area contributed by atoms with Crippen molar-refractivity contribution in [3.63, 3.8) is 0 Å². The van der Waals surface area contributed by atoms with Gasteiger partial charge in [-0.3, -0.25) is 0 Å². The Hall–Kier alpha value is -3.06. The third-order valence-electron chi connectivity index (χ3n) is 5.42. The quantitative estimate of drug-likeness (QED) is 0.329. The van der Waals surface area contributed by atoms with Gasteiger partial charge in [-0.15, -0.1) is 0 Å². The maximum Gasteiger partial charge on any atom is 0.0491 e. The molecule has 1 aromatic heterocycles. The summed E-state index contributed by atoms with van der Waals surface area (Å²) < 4.78 is 2.40. The van der Waals surface area contributed by atoms with Gasteiger partial charge in [0.15, 0.2) is 0 Å². The van der Waals surface area contributed by atoms with E-state index in [0.29, 0.717) is 0 Å². The molecule has 0 aliphatic heterocycles. The van der Waals surface area contributed by atoms with Crippen LogP contribution in [0, 0.1) is 6.92 Å². The van der Waals surface area contributed by atoms with Crippen LogP contribution in [0.25, 0.3) is 43.7 Å². The third kappa shape index (κ3) is 2.24. The Labute approximate surface area is 153 Å². The van der Waals surface area contributed by atoms with E-state index in [1.54, 1.807) is 0 Å². The number of rotatable bonds is 2. The van der Waals surface area contributed by atoms with Crippen molar-refractivity contribution < 1.29 is 0 Å². The normalized spacial score (nSPS) is 11.6. The average Bonchev–Trinajstić information content (AvgIpc) is 3.00. The lowest BCUT2D eigenvalue weighted by Crippen LogP contribution is -1.92. The molecule has 0 amide bonds. The van der Waals surface area contributed by atoms with E-state index < -0.39 is 0 Å². The lowest BCUT2D eigenvalue weighted by atomic mass is 9.99. The van der Waals surface area contributed by atoms with Crippen molar-refractivity contribution in [1.29, 1.82) is 0 Å². The molecule has 0 saturated carbocycles. The second-order valence-corrected chi connectivity index (χ2v) is 7.06. The van der Waals surface area contributed by atoms with Crippen molar-refractivity contribution in [1.82, 2.24) is 4.57 Å². The zero-order chi connectivity index (χ0) is 17.7. The second-order valence-electron chi connectivity index (χ2n) is 7.06. The molecule has 0 saturated heterocycles. The minimum atomic E-state index is 0.985. The fourth-order valence-corrected chi connectivity index (χ4v) is 4.12. The Morgan fingerprint density at radius 3 is 2.27 bits per heavy atom. The van der Waals surface area contributed by atoms with Crippen LogP contribution >= 0.6 is 0 Å². The van der Waals surface area contributed by atoms with Gasteiger partial charge in [-0.2, -0.15) is 0 Å². The first-order valence-electron chi connectivity index (χ1n) is 9.26. The number of para-hydroxylation sites is 1. The zero-order valence-electron chi connectivity index (χ0n) is 15.2. The van der Waals surface area contributed by atoms with Crippen LogP contribution in [0.15, 0.2) is 78.9 Å². The van der Waals surface area contributed by atoms with E-state index >= 15 is 0 Å².